The summed E-state index contributed by atoms with van der Waals surface area (Å²) in [4.78, 5) is 10.7. The summed E-state index contributed by atoms with van der Waals surface area (Å²) in [7, 11) is 0. The standard InChI is InChI=1S/C46H26N4O/c1-3-13-27(14-4-1)29-23-24-31-35-26-34-30-17-7-10-20-36(30)50(44(34)40-32-18-8-11-21-37(32)49(43(35)40)38(31)25-29)46-47-41(28-15-5-2-6-16-28)45-42(48-46)33-19-9-12-22-39(33)51-45/h1-26H. The number of aromatic nitrogens is 4. The van der Waals surface area contributed by atoms with Gasteiger partial charge < -0.3 is 8.82 Å². The van der Waals surface area contributed by atoms with E-state index in [1.165, 1.54) is 60.0 Å². The molecule has 0 spiro atoms. The molecule has 0 aliphatic heterocycles. The molecular formula is C46H26N4O. The normalized spacial score (nSPS) is 12.3. The van der Waals surface area contributed by atoms with E-state index in [4.69, 9.17) is 14.4 Å². The SMILES string of the molecule is c1ccc(-c2ccc3c4cc5c6ccccc6n(-c6nc(-c7ccccc7)c7oc8ccccc8c7n6)c5c5c6ccccc6n(c3c2)c45)cc1. The van der Waals surface area contributed by atoms with Crippen LogP contribution in [0.4, 0.5) is 0 Å². The first-order valence-corrected chi connectivity index (χ1v) is 17.3. The van der Waals surface area contributed by atoms with Gasteiger partial charge in [0.2, 0.25) is 5.95 Å². The second-order valence-corrected chi connectivity index (χ2v) is 13.4. The van der Waals surface area contributed by atoms with Gasteiger partial charge in [-0.05, 0) is 47.5 Å². The largest absolute Gasteiger partial charge is 0.452 e. The molecule has 0 N–H and O–H groups in total. The van der Waals surface area contributed by atoms with Crippen LogP contribution in [-0.2, 0) is 0 Å². The van der Waals surface area contributed by atoms with E-state index in [1.807, 2.05) is 36.4 Å². The molecule has 5 heteroatoms. The van der Waals surface area contributed by atoms with Crippen LogP contribution in [0.5, 0.6) is 0 Å². The molecule has 0 amide bonds. The molecule has 0 fully saturated rings. The van der Waals surface area contributed by atoms with E-state index in [2.05, 4.69) is 130 Å². The van der Waals surface area contributed by atoms with Crippen LogP contribution in [0.2, 0.25) is 0 Å². The van der Waals surface area contributed by atoms with Crippen molar-refractivity contribution < 1.29 is 4.42 Å². The first-order valence-electron chi connectivity index (χ1n) is 17.3. The zero-order valence-electron chi connectivity index (χ0n) is 27.2. The summed E-state index contributed by atoms with van der Waals surface area (Å²) in [5, 5.41) is 8.21. The fraction of sp³-hybridized carbons (Fsp3) is 0. The van der Waals surface area contributed by atoms with Crippen LogP contribution in [0.25, 0.3) is 110 Å². The summed E-state index contributed by atoms with van der Waals surface area (Å²) in [5.74, 6) is 0.619. The van der Waals surface area contributed by atoms with Crippen molar-refractivity contribution in [1.82, 2.24) is 18.9 Å². The first-order chi connectivity index (χ1) is 25.3. The Balaban J connectivity index is 1.28. The van der Waals surface area contributed by atoms with Gasteiger partial charge in [-0.2, -0.15) is 0 Å². The van der Waals surface area contributed by atoms with Crippen LogP contribution in [0.3, 0.4) is 0 Å². The average molecular weight is 651 g/mol. The van der Waals surface area contributed by atoms with Crippen LogP contribution in [0, 0.1) is 0 Å². The van der Waals surface area contributed by atoms with E-state index in [0.717, 1.165) is 38.8 Å². The van der Waals surface area contributed by atoms with Crippen LogP contribution >= 0.6 is 0 Å². The number of fused-ring (bicyclic) bond motifs is 13. The van der Waals surface area contributed by atoms with E-state index in [-0.39, 0.29) is 0 Å². The molecule has 0 bridgehead atoms. The molecule has 0 radical (unpaired) electrons. The molecule has 12 rings (SSSR count). The molecule has 5 nitrogen and oxygen atoms in total. The zero-order chi connectivity index (χ0) is 33.2. The lowest BCUT2D eigenvalue weighted by atomic mass is 10.0. The van der Waals surface area contributed by atoms with Gasteiger partial charge in [-0.3, -0.25) is 4.57 Å². The van der Waals surface area contributed by atoms with Gasteiger partial charge in [0.15, 0.2) is 5.58 Å². The number of furan rings is 1. The van der Waals surface area contributed by atoms with Crippen LogP contribution in [0.1, 0.15) is 0 Å². The van der Waals surface area contributed by atoms with Crippen LogP contribution in [0.15, 0.2) is 162 Å². The second kappa shape index (κ2) is 9.80. The Kier molecular flexibility index (Phi) is 5.17. The molecule has 0 aliphatic carbocycles. The Hall–Kier alpha value is -6.98. The molecule has 0 saturated carbocycles. The molecule has 0 aliphatic rings. The lowest BCUT2D eigenvalue weighted by Gasteiger charge is -2.10. The molecule has 51 heavy (non-hydrogen) atoms. The maximum Gasteiger partial charge on any atom is 0.236 e. The van der Waals surface area contributed by atoms with Crippen molar-refractivity contribution in [2.24, 2.45) is 0 Å². The number of nitrogens with zero attached hydrogens (tertiary/aromatic N) is 4. The predicted molar refractivity (Wildman–Crippen MR) is 209 cm³/mol. The van der Waals surface area contributed by atoms with Crippen molar-refractivity contribution >= 4 is 82.0 Å². The number of rotatable bonds is 3. The van der Waals surface area contributed by atoms with E-state index >= 15 is 0 Å². The zero-order valence-corrected chi connectivity index (χ0v) is 27.2. The van der Waals surface area contributed by atoms with Crippen molar-refractivity contribution in [1.29, 1.82) is 0 Å². The van der Waals surface area contributed by atoms with Gasteiger partial charge in [0.1, 0.15) is 16.8 Å². The Morgan fingerprint density at radius 1 is 0.431 bits per heavy atom. The van der Waals surface area contributed by atoms with Gasteiger partial charge in [0.25, 0.3) is 0 Å². The highest BCUT2D eigenvalue weighted by molar-refractivity contribution is 6.34. The average Bonchev–Trinajstić information content (AvgIpc) is 3.93. The third-order valence-corrected chi connectivity index (χ3v) is 10.7. The molecule has 0 unspecified atom stereocenters. The third kappa shape index (κ3) is 3.54. The summed E-state index contributed by atoms with van der Waals surface area (Å²) < 4.78 is 11.2. The maximum absolute atomic E-state index is 6.48. The highest BCUT2D eigenvalue weighted by Crippen LogP contribution is 2.47. The molecule has 12 aromatic rings. The van der Waals surface area contributed by atoms with E-state index in [1.54, 1.807) is 0 Å². The first kappa shape index (κ1) is 26.9. The topological polar surface area (TPSA) is 48.3 Å². The summed E-state index contributed by atoms with van der Waals surface area (Å²) in [6.45, 7) is 0. The van der Waals surface area contributed by atoms with Crippen molar-refractivity contribution in [3.05, 3.63) is 158 Å². The van der Waals surface area contributed by atoms with E-state index in [0.29, 0.717) is 11.5 Å². The lowest BCUT2D eigenvalue weighted by Crippen LogP contribution is -2.03. The minimum absolute atomic E-state index is 0.619. The maximum atomic E-state index is 6.48. The van der Waals surface area contributed by atoms with Crippen molar-refractivity contribution in [3.63, 3.8) is 0 Å². The molecule has 7 aromatic carbocycles. The summed E-state index contributed by atoms with van der Waals surface area (Å²) in [6, 6.07) is 55.8. The van der Waals surface area contributed by atoms with Crippen molar-refractivity contribution in [2.75, 3.05) is 0 Å². The molecule has 0 saturated heterocycles. The molecule has 236 valence electrons. The Morgan fingerprint density at radius 2 is 1.08 bits per heavy atom. The fourth-order valence-electron chi connectivity index (χ4n) is 8.49. The lowest BCUT2D eigenvalue weighted by molar-refractivity contribution is 0.666. The number of benzene rings is 7. The Morgan fingerprint density at radius 3 is 1.90 bits per heavy atom. The Labute approximate surface area is 290 Å². The molecule has 5 aromatic heterocycles. The third-order valence-electron chi connectivity index (χ3n) is 10.7. The van der Waals surface area contributed by atoms with Gasteiger partial charge >= 0.3 is 0 Å². The van der Waals surface area contributed by atoms with E-state index in [9.17, 15) is 0 Å². The van der Waals surface area contributed by atoms with Crippen molar-refractivity contribution in [2.45, 2.75) is 0 Å². The molecular weight excluding hydrogens is 625 g/mol. The summed E-state index contributed by atoms with van der Waals surface area (Å²) in [6.07, 6.45) is 0. The summed E-state index contributed by atoms with van der Waals surface area (Å²) in [5.41, 5.74) is 12.2. The number of hydrogen-bond donors (Lipinski definition) is 0. The minimum atomic E-state index is 0.619. The Bertz CT molecular complexity index is 3350. The van der Waals surface area contributed by atoms with Crippen LogP contribution < -0.4 is 0 Å². The van der Waals surface area contributed by atoms with Gasteiger partial charge in [-0.25, -0.2) is 9.97 Å². The highest BCUT2D eigenvalue weighted by atomic mass is 16.3. The van der Waals surface area contributed by atoms with Crippen molar-refractivity contribution in [3.8, 4) is 28.3 Å². The number of hydrogen-bond acceptors (Lipinski definition) is 3. The fourth-order valence-corrected chi connectivity index (χ4v) is 8.49. The summed E-state index contributed by atoms with van der Waals surface area (Å²) >= 11 is 0. The van der Waals surface area contributed by atoms with E-state index < -0.39 is 0 Å². The van der Waals surface area contributed by atoms with Gasteiger partial charge in [0.05, 0.1) is 27.6 Å². The molecule has 5 heterocycles. The monoisotopic (exact) mass is 650 g/mol. The minimum Gasteiger partial charge on any atom is -0.452 e. The quantitative estimate of drug-likeness (QED) is 0.191. The van der Waals surface area contributed by atoms with Crippen LogP contribution in [-0.4, -0.2) is 18.9 Å². The van der Waals surface area contributed by atoms with Gasteiger partial charge in [0, 0.05) is 43.3 Å². The highest BCUT2D eigenvalue weighted by Gasteiger charge is 2.26. The van der Waals surface area contributed by atoms with Gasteiger partial charge in [-0.1, -0.05) is 121 Å². The molecule has 0 atom stereocenters. The van der Waals surface area contributed by atoms with Gasteiger partial charge in [-0.15, -0.1) is 0 Å². The second-order valence-electron chi connectivity index (χ2n) is 13.4. The number of para-hydroxylation sites is 3. The smallest absolute Gasteiger partial charge is 0.236 e. The predicted octanol–water partition coefficient (Wildman–Crippen LogP) is 12.0.